The molecule has 2 amide bonds. The summed E-state index contributed by atoms with van der Waals surface area (Å²) >= 11 is 0. The third-order valence-corrected chi connectivity index (χ3v) is 3.06. The fourth-order valence-electron chi connectivity index (χ4n) is 1.93. The van der Waals surface area contributed by atoms with E-state index < -0.39 is 17.9 Å². The van der Waals surface area contributed by atoms with Crippen molar-refractivity contribution in [1.82, 2.24) is 5.32 Å². The summed E-state index contributed by atoms with van der Waals surface area (Å²) in [6, 6.07) is 13.2. The van der Waals surface area contributed by atoms with Crippen molar-refractivity contribution in [2.75, 3.05) is 11.9 Å². The van der Waals surface area contributed by atoms with E-state index in [1.54, 1.807) is 13.0 Å². The van der Waals surface area contributed by atoms with Crippen molar-refractivity contribution in [3.05, 3.63) is 42.5 Å². The van der Waals surface area contributed by atoms with Gasteiger partial charge in [-0.1, -0.05) is 30.3 Å². The molecular formula is C16H18N2O3. The summed E-state index contributed by atoms with van der Waals surface area (Å²) in [4.78, 5) is 23.3. The summed E-state index contributed by atoms with van der Waals surface area (Å²) in [6.07, 6.45) is -0.0940. The highest BCUT2D eigenvalue weighted by Gasteiger charge is 2.13. The summed E-state index contributed by atoms with van der Waals surface area (Å²) in [5.74, 6) is -1.42. The monoisotopic (exact) mass is 286 g/mol. The molecule has 0 bridgehead atoms. The van der Waals surface area contributed by atoms with Gasteiger partial charge in [-0.15, -0.1) is 0 Å². The Morgan fingerprint density at radius 3 is 2.52 bits per heavy atom. The van der Waals surface area contributed by atoms with E-state index in [2.05, 4.69) is 10.6 Å². The first kappa shape index (κ1) is 15.0. The van der Waals surface area contributed by atoms with Crippen LogP contribution in [0.4, 0.5) is 5.69 Å². The van der Waals surface area contributed by atoms with Gasteiger partial charge in [0.1, 0.15) is 0 Å². The van der Waals surface area contributed by atoms with Gasteiger partial charge in [-0.25, -0.2) is 0 Å². The smallest absolute Gasteiger partial charge is 0.313 e. The van der Waals surface area contributed by atoms with E-state index >= 15 is 0 Å². The third kappa shape index (κ3) is 4.29. The fourth-order valence-corrected chi connectivity index (χ4v) is 1.93. The minimum atomic E-state index is -0.712. The molecule has 0 aliphatic carbocycles. The highest BCUT2D eigenvalue weighted by molar-refractivity contribution is 6.39. The minimum Gasteiger partial charge on any atom is -0.393 e. The molecule has 2 aromatic carbocycles. The van der Waals surface area contributed by atoms with Gasteiger partial charge in [-0.05, 0) is 36.2 Å². The van der Waals surface area contributed by atoms with Crippen LogP contribution in [0, 0.1) is 0 Å². The van der Waals surface area contributed by atoms with Gasteiger partial charge in [0.25, 0.3) is 0 Å². The minimum absolute atomic E-state index is 0.266. The normalized spacial score (nSPS) is 11.9. The lowest BCUT2D eigenvalue weighted by Gasteiger charge is -2.08. The van der Waals surface area contributed by atoms with Gasteiger partial charge < -0.3 is 15.7 Å². The highest BCUT2D eigenvalue weighted by Crippen LogP contribution is 2.18. The first-order valence-corrected chi connectivity index (χ1v) is 6.82. The van der Waals surface area contributed by atoms with Gasteiger partial charge in [0.2, 0.25) is 0 Å². The molecule has 5 heteroatoms. The molecule has 0 radical (unpaired) electrons. The molecule has 0 aliphatic heterocycles. The first-order chi connectivity index (χ1) is 10.1. The quantitative estimate of drug-likeness (QED) is 0.748. The molecular weight excluding hydrogens is 268 g/mol. The molecule has 0 heterocycles. The van der Waals surface area contributed by atoms with Crippen LogP contribution in [0.3, 0.4) is 0 Å². The second-order valence-electron chi connectivity index (χ2n) is 4.91. The summed E-state index contributed by atoms with van der Waals surface area (Å²) in [5.41, 5.74) is 0.573. The highest BCUT2D eigenvalue weighted by atomic mass is 16.3. The van der Waals surface area contributed by atoms with Crippen LogP contribution in [0.5, 0.6) is 0 Å². The Bertz CT molecular complexity index is 653. The van der Waals surface area contributed by atoms with E-state index in [9.17, 15) is 9.59 Å². The number of aliphatic hydroxyl groups excluding tert-OH is 1. The molecule has 1 unspecified atom stereocenters. The van der Waals surface area contributed by atoms with Crippen LogP contribution < -0.4 is 10.6 Å². The number of anilines is 1. The molecule has 0 aliphatic rings. The standard InChI is InChI=1S/C16H18N2O3/c1-11(19)8-9-17-15(20)16(21)18-14-7-6-12-4-2-3-5-13(12)10-14/h2-7,10-11,19H,8-9H2,1H3,(H,17,20)(H,18,21). The molecule has 21 heavy (non-hydrogen) atoms. The van der Waals surface area contributed by atoms with Crippen LogP contribution in [-0.4, -0.2) is 29.6 Å². The summed E-state index contributed by atoms with van der Waals surface area (Å²) in [7, 11) is 0. The van der Waals surface area contributed by atoms with Gasteiger partial charge in [0.05, 0.1) is 6.10 Å². The first-order valence-electron chi connectivity index (χ1n) is 6.82. The maximum absolute atomic E-state index is 11.7. The predicted octanol–water partition coefficient (Wildman–Crippen LogP) is 1.67. The number of aliphatic hydroxyl groups is 1. The predicted molar refractivity (Wildman–Crippen MR) is 81.9 cm³/mol. The van der Waals surface area contributed by atoms with E-state index in [0.717, 1.165) is 10.8 Å². The fraction of sp³-hybridized carbons (Fsp3) is 0.250. The zero-order chi connectivity index (χ0) is 15.2. The van der Waals surface area contributed by atoms with Crippen molar-refractivity contribution in [3.63, 3.8) is 0 Å². The Kier molecular flexibility index (Phi) is 4.90. The number of benzene rings is 2. The number of amides is 2. The van der Waals surface area contributed by atoms with Gasteiger partial charge in [0, 0.05) is 12.2 Å². The summed E-state index contributed by atoms with van der Waals surface area (Å²) in [6.45, 7) is 1.89. The topological polar surface area (TPSA) is 78.4 Å². The molecule has 2 rings (SSSR count). The van der Waals surface area contributed by atoms with E-state index in [1.807, 2.05) is 36.4 Å². The molecule has 0 fully saturated rings. The van der Waals surface area contributed by atoms with E-state index in [4.69, 9.17) is 5.11 Å². The lowest BCUT2D eigenvalue weighted by Crippen LogP contribution is -2.36. The summed E-state index contributed by atoms with van der Waals surface area (Å²) in [5, 5.41) is 16.2. The molecule has 0 aromatic heterocycles. The Labute approximate surface area is 123 Å². The zero-order valence-corrected chi connectivity index (χ0v) is 11.8. The number of fused-ring (bicyclic) bond motifs is 1. The molecule has 110 valence electrons. The van der Waals surface area contributed by atoms with Gasteiger partial charge in [-0.2, -0.15) is 0 Å². The number of nitrogens with one attached hydrogen (secondary N) is 2. The van der Waals surface area contributed by atoms with Crippen molar-refractivity contribution in [2.24, 2.45) is 0 Å². The van der Waals surface area contributed by atoms with Crippen molar-refractivity contribution < 1.29 is 14.7 Å². The SMILES string of the molecule is CC(O)CCNC(=O)C(=O)Nc1ccc2ccccc2c1. The van der Waals surface area contributed by atoms with Crippen LogP contribution in [0.25, 0.3) is 10.8 Å². The van der Waals surface area contributed by atoms with Gasteiger partial charge >= 0.3 is 11.8 Å². The summed E-state index contributed by atoms with van der Waals surface area (Å²) < 4.78 is 0. The second-order valence-corrected chi connectivity index (χ2v) is 4.91. The van der Waals surface area contributed by atoms with E-state index in [-0.39, 0.29) is 6.54 Å². The maximum atomic E-state index is 11.7. The lowest BCUT2D eigenvalue weighted by molar-refractivity contribution is -0.136. The number of carbonyl (C=O) groups excluding carboxylic acids is 2. The number of carbonyl (C=O) groups is 2. The van der Waals surface area contributed by atoms with Crippen LogP contribution in [0.1, 0.15) is 13.3 Å². The lowest BCUT2D eigenvalue weighted by atomic mass is 10.1. The largest absolute Gasteiger partial charge is 0.393 e. The van der Waals surface area contributed by atoms with Gasteiger partial charge in [0.15, 0.2) is 0 Å². The van der Waals surface area contributed by atoms with Crippen molar-refractivity contribution in [2.45, 2.75) is 19.4 Å². The third-order valence-electron chi connectivity index (χ3n) is 3.06. The van der Waals surface area contributed by atoms with E-state index in [1.165, 1.54) is 0 Å². The number of hydrogen-bond donors (Lipinski definition) is 3. The Morgan fingerprint density at radius 1 is 1.10 bits per heavy atom. The Balaban J connectivity index is 1.95. The molecule has 5 nitrogen and oxygen atoms in total. The number of rotatable bonds is 4. The Morgan fingerprint density at radius 2 is 1.81 bits per heavy atom. The van der Waals surface area contributed by atoms with Gasteiger partial charge in [-0.3, -0.25) is 9.59 Å². The van der Waals surface area contributed by atoms with Crippen molar-refractivity contribution in [3.8, 4) is 0 Å². The molecule has 0 saturated carbocycles. The Hall–Kier alpha value is -2.40. The maximum Gasteiger partial charge on any atom is 0.313 e. The van der Waals surface area contributed by atoms with Crippen molar-refractivity contribution in [1.29, 1.82) is 0 Å². The van der Waals surface area contributed by atoms with Crippen LogP contribution in [0.15, 0.2) is 42.5 Å². The average Bonchev–Trinajstić information content (AvgIpc) is 2.46. The molecule has 0 spiro atoms. The van der Waals surface area contributed by atoms with E-state index in [0.29, 0.717) is 12.1 Å². The molecule has 0 saturated heterocycles. The van der Waals surface area contributed by atoms with Crippen LogP contribution >= 0.6 is 0 Å². The van der Waals surface area contributed by atoms with Crippen molar-refractivity contribution >= 4 is 28.3 Å². The zero-order valence-electron chi connectivity index (χ0n) is 11.8. The molecule has 1 atom stereocenters. The number of hydrogen-bond acceptors (Lipinski definition) is 3. The van der Waals surface area contributed by atoms with Crippen LogP contribution in [0.2, 0.25) is 0 Å². The van der Waals surface area contributed by atoms with Crippen LogP contribution in [-0.2, 0) is 9.59 Å². The second kappa shape index (κ2) is 6.85. The molecule has 3 N–H and O–H groups in total. The molecule has 2 aromatic rings. The average molecular weight is 286 g/mol.